The van der Waals surface area contributed by atoms with Gasteiger partial charge in [-0.3, -0.25) is 4.79 Å². The molecule has 0 N–H and O–H groups in total. The molecule has 3 heteroatoms. The Labute approximate surface area is 98.9 Å². The van der Waals surface area contributed by atoms with Crippen LogP contribution in [0.4, 0.5) is 0 Å². The van der Waals surface area contributed by atoms with Crippen molar-refractivity contribution in [1.29, 1.82) is 0 Å². The third kappa shape index (κ3) is 1.86. The predicted molar refractivity (Wildman–Crippen MR) is 66.2 cm³/mol. The zero-order valence-electron chi connectivity index (χ0n) is 9.69. The van der Waals surface area contributed by atoms with E-state index in [1.807, 2.05) is 25.1 Å². The number of benzene rings is 1. The molecule has 1 aliphatic carbocycles. The van der Waals surface area contributed by atoms with E-state index >= 15 is 0 Å². The minimum absolute atomic E-state index is 0. The lowest BCUT2D eigenvalue weighted by atomic mass is 9.89. The molecule has 0 spiro atoms. The van der Waals surface area contributed by atoms with Crippen molar-refractivity contribution in [2.24, 2.45) is 5.92 Å². The Morgan fingerprint density at radius 2 is 2.38 bits per heavy atom. The molecule has 0 amide bonds. The molecule has 2 rings (SSSR count). The number of hydrogen-bond donors (Lipinski definition) is 0. The highest BCUT2D eigenvalue weighted by molar-refractivity contribution is 6.32. The summed E-state index contributed by atoms with van der Waals surface area (Å²) < 4.78 is 5.11. The number of fused-ring (bicyclic) bond motifs is 1. The first kappa shape index (κ1) is 11.2. The van der Waals surface area contributed by atoms with E-state index in [9.17, 15) is 4.79 Å². The fraction of sp³-hybridized carbons (Fsp3) is 0.462. The lowest BCUT2D eigenvalue weighted by molar-refractivity contribution is -0.145. The van der Waals surface area contributed by atoms with E-state index in [0.29, 0.717) is 18.0 Å². The molecule has 2 nitrogen and oxygen atoms in total. The van der Waals surface area contributed by atoms with Gasteiger partial charge in [-0.05, 0) is 30.4 Å². The minimum Gasteiger partial charge on any atom is -0.466 e. The van der Waals surface area contributed by atoms with Crippen LogP contribution in [0.5, 0.6) is 0 Å². The maximum absolute atomic E-state index is 11.9. The summed E-state index contributed by atoms with van der Waals surface area (Å²) in [7, 11) is 5.76. The maximum Gasteiger partial charge on any atom is 0.313 e. The summed E-state index contributed by atoms with van der Waals surface area (Å²) in [6.07, 6.45) is 0.930. The van der Waals surface area contributed by atoms with Crippen molar-refractivity contribution >= 4 is 19.3 Å². The van der Waals surface area contributed by atoms with Crippen molar-refractivity contribution in [2.75, 3.05) is 6.61 Å². The third-order valence-corrected chi connectivity index (χ3v) is 3.16. The van der Waals surface area contributed by atoms with E-state index < -0.39 is 0 Å². The molecule has 1 aromatic rings. The van der Waals surface area contributed by atoms with Gasteiger partial charge in [-0.25, -0.2) is 0 Å². The number of hydrogen-bond acceptors (Lipinski definition) is 2. The van der Waals surface area contributed by atoms with Gasteiger partial charge in [0.15, 0.2) is 0 Å². The summed E-state index contributed by atoms with van der Waals surface area (Å²) in [4.78, 5) is 11.9. The Hall–Kier alpha value is -1.25. The summed E-state index contributed by atoms with van der Waals surface area (Å²) in [5, 5.41) is 0. The molecule has 0 saturated carbocycles. The molecule has 0 heterocycles. The minimum atomic E-state index is -0.140. The number of ether oxygens (including phenoxy) is 1. The lowest BCUT2D eigenvalue weighted by Crippen LogP contribution is -2.19. The molecular weight excluding hydrogens is 199 g/mol. The van der Waals surface area contributed by atoms with Crippen LogP contribution in [0.2, 0.25) is 0 Å². The van der Waals surface area contributed by atoms with Crippen molar-refractivity contribution in [3.05, 3.63) is 29.3 Å². The Balaban J connectivity index is 0.00000144. The van der Waals surface area contributed by atoms with E-state index in [2.05, 4.69) is 6.92 Å². The first-order valence-electron chi connectivity index (χ1n) is 5.68. The Morgan fingerprint density at radius 1 is 1.62 bits per heavy atom. The van der Waals surface area contributed by atoms with Gasteiger partial charge in [0.25, 0.3) is 0 Å². The number of carbonyl (C=O) groups excluding carboxylic acids is 1. The van der Waals surface area contributed by atoms with Gasteiger partial charge >= 0.3 is 5.97 Å². The fourth-order valence-electron chi connectivity index (χ4n) is 2.45. The molecule has 0 saturated heterocycles. The van der Waals surface area contributed by atoms with Crippen molar-refractivity contribution in [1.82, 2.24) is 0 Å². The molecule has 0 bridgehead atoms. The van der Waals surface area contributed by atoms with Gasteiger partial charge in [0, 0.05) is 1.43 Å². The van der Waals surface area contributed by atoms with Crippen LogP contribution in [0.25, 0.3) is 0 Å². The Kier molecular flexibility index (Phi) is 3.04. The predicted octanol–water partition coefficient (Wildman–Crippen LogP) is 1.57. The van der Waals surface area contributed by atoms with Crippen LogP contribution in [0.1, 0.15) is 32.3 Å². The largest absolute Gasteiger partial charge is 0.466 e. The van der Waals surface area contributed by atoms with Gasteiger partial charge < -0.3 is 4.74 Å². The van der Waals surface area contributed by atoms with Crippen LogP contribution in [0.3, 0.4) is 0 Å². The average Bonchev–Trinajstić information content (AvgIpc) is 2.53. The molecule has 1 aliphatic rings. The summed E-state index contributed by atoms with van der Waals surface area (Å²) in [5.41, 5.74) is 2.98. The highest BCUT2D eigenvalue weighted by Gasteiger charge is 2.35. The molecule has 84 valence electrons. The Bertz CT molecular complexity index is 420. The molecule has 2 unspecified atom stereocenters. The van der Waals surface area contributed by atoms with Crippen molar-refractivity contribution in [3.8, 4) is 0 Å². The highest BCUT2D eigenvalue weighted by Crippen LogP contribution is 2.37. The standard InChI is InChI=1S/C13H15BO2.H2/c1-3-16-13(15)12-8(2)6-9-4-5-10(14)7-11(9)12;/h4-5,7-8,12H,3,6H2,1-2H3;1H. The topological polar surface area (TPSA) is 26.3 Å². The van der Waals surface area contributed by atoms with Crippen LogP contribution < -0.4 is 5.46 Å². The first-order chi connectivity index (χ1) is 7.63. The molecular formula is C13H17BO2. The molecule has 2 radical (unpaired) electrons. The maximum atomic E-state index is 11.9. The highest BCUT2D eigenvalue weighted by atomic mass is 16.5. The van der Waals surface area contributed by atoms with Gasteiger partial charge in [-0.1, -0.05) is 30.6 Å². The van der Waals surface area contributed by atoms with Crippen LogP contribution in [-0.2, 0) is 16.0 Å². The number of rotatable bonds is 2. The van der Waals surface area contributed by atoms with Crippen molar-refractivity contribution in [2.45, 2.75) is 26.2 Å². The SMILES string of the molecule is [B]c1ccc2c(c1)C(C(=O)OCC)C(C)C2.[HH]. The fourth-order valence-corrected chi connectivity index (χ4v) is 2.45. The normalized spacial score (nSPS) is 22.9. The monoisotopic (exact) mass is 216 g/mol. The molecule has 1 aromatic carbocycles. The number of carbonyl (C=O) groups is 1. The Morgan fingerprint density at radius 3 is 3.06 bits per heavy atom. The van der Waals surface area contributed by atoms with Crippen LogP contribution in [-0.4, -0.2) is 20.4 Å². The average molecular weight is 216 g/mol. The molecule has 2 atom stereocenters. The third-order valence-electron chi connectivity index (χ3n) is 3.16. The van der Waals surface area contributed by atoms with Crippen molar-refractivity contribution < 1.29 is 11.0 Å². The molecule has 16 heavy (non-hydrogen) atoms. The van der Waals surface area contributed by atoms with E-state index in [1.165, 1.54) is 5.56 Å². The second kappa shape index (κ2) is 4.32. The molecule has 0 aromatic heterocycles. The smallest absolute Gasteiger partial charge is 0.313 e. The van der Waals surface area contributed by atoms with Crippen LogP contribution in [0.15, 0.2) is 18.2 Å². The lowest BCUT2D eigenvalue weighted by Gasteiger charge is -2.15. The van der Waals surface area contributed by atoms with Gasteiger partial charge in [-0.15, -0.1) is 0 Å². The van der Waals surface area contributed by atoms with Gasteiger partial charge in [0.1, 0.15) is 7.85 Å². The summed E-state index contributed by atoms with van der Waals surface area (Å²) >= 11 is 0. The quantitative estimate of drug-likeness (QED) is 0.554. The van der Waals surface area contributed by atoms with Crippen molar-refractivity contribution in [3.63, 3.8) is 0 Å². The van der Waals surface area contributed by atoms with E-state index in [-0.39, 0.29) is 13.3 Å². The zero-order valence-corrected chi connectivity index (χ0v) is 9.69. The van der Waals surface area contributed by atoms with Gasteiger partial charge in [0.05, 0.1) is 12.5 Å². The van der Waals surface area contributed by atoms with Gasteiger partial charge in [-0.2, -0.15) is 0 Å². The summed E-state index contributed by atoms with van der Waals surface area (Å²) in [6, 6.07) is 5.81. The molecule has 0 fully saturated rings. The van der Waals surface area contributed by atoms with E-state index in [1.54, 1.807) is 0 Å². The number of esters is 1. The first-order valence-corrected chi connectivity index (χ1v) is 5.68. The van der Waals surface area contributed by atoms with Crippen LogP contribution in [0, 0.1) is 5.92 Å². The summed E-state index contributed by atoms with van der Waals surface area (Å²) in [5.74, 6) is 0.0358. The second-order valence-electron chi connectivity index (χ2n) is 4.37. The van der Waals surface area contributed by atoms with Gasteiger partial charge in [0.2, 0.25) is 0 Å². The van der Waals surface area contributed by atoms with E-state index in [0.717, 1.165) is 12.0 Å². The summed E-state index contributed by atoms with van der Waals surface area (Å²) in [6.45, 7) is 4.34. The van der Waals surface area contributed by atoms with Crippen LogP contribution >= 0.6 is 0 Å². The molecule has 0 aliphatic heterocycles. The zero-order chi connectivity index (χ0) is 11.7. The van der Waals surface area contributed by atoms with E-state index in [4.69, 9.17) is 12.6 Å². The second-order valence-corrected chi connectivity index (χ2v) is 4.37.